The van der Waals surface area contributed by atoms with E-state index in [2.05, 4.69) is 22.1 Å². The van der Waals surface area contributed by atoms with Crippen molar-refractivity contribution in [2.24, 2.45) is 0 Å². The first-order valence-corrected chi connectivity index (χ1v) is 13.5. The Morgan fingerprint density at radius 3 is 2.09 bits per heavy atom. The first-order chi connectivity index (χ1) is 23.0. The maximum atomic E-state index is 7.91. The minimum absolute atomic E-state index is 0. The number of aryl methyl sites for hydroxylation is 3. The quantitative estimate of drug-likeness (QED) is 0.169. The van der Waals surface area contributed by atoms with Crippen LogP contribution in [-0.4, -0.2) is 9.97 Å². The van der Waals surface area contributed by atoms with Gasteiger partial charge in [-0.05, 0) is 54.8 Å². The molecule has 7 rings (SSSR count). The number of hydrogen-bond donors (Lipinski definition) is 0. The molecule has 3 nitrogen and oxygen atoms in total. The largest absolute Gasteiger partial charge is 0.476 e. The fourth-order valence-corrected chi connectivity index (χ4v) is 4.83. The minimum Gasteiger partial charge on any atom is -0.476 e. The van der Waals surface area contributed by atoms with Gasteiger partial charge in [-0.1, -0.05) is 101 Å². The fraction of sp³-hybridized carbons (Fsp3) is 0.0769. The van der Waals surface area contributed by atoms with Gasteiger partial charge in [0, 0.05) is 46.3 Å². The average Bonchev–Trinajstić information content (AvgIpc) is 3.44. The van der Waals surface area contributed by atoms with Crippen molar-refractivity contribution in [2.75, 3.05) is 0 Å². The van der Waals surface area contributed by atoms with Crippen LogP contribution in [0.25, 0.3) is 55.9 Å². The van der Waals surface area contributed by atoms with Gasteiger partial charge in [0.1, 0.15) is 5.76 Å². The van der Waals surface area contributed by atoms with Crippen LogP contribution in [0.2, 0.25) is 0 Å². The summed E-state index contributed by atoms with van der Waals surface area (Å²) >= 11 is 0. The Bertz CT molecular complexity index is 2110. The molecule has 4 aromatic carbocycles. The van der Waals surface area contributed by atoms with Crippen molar-refractivity contribution in [2.45, 2.75) is 20.6 Å². The van der Waals surface area contributed by atoms with Crippen molar-refractivity contribution in [3.63, 3.8) is 0 Å². The van der Waals surface area contributed by atoms with E-state index in [9.17, 15) is 0 Å². The van der Waals surface area contributed by atoms with Gasteiger partial charge in [-0.2, -0.15) is 0 Å². The van der Waals surface area contributed by atoms with Gasteiger partial charge in [0.2, 0.25) is 0 Å². The van der Waals surface area contributed by atoms with E-state index >= 15 is 0 Å². The van der Waals surface area contributed by atoms with Crippen molar-refractivity contribution in [1.29, 1.82) is 0 Å². The van der Waals surface area contributed by atoms with Crippen LogP contribution in [-0.2, 0) is 20.1 Å². The molecule has 7 aromatic rings. The van der Waals surface area contributed by atoms with Crippen LogP contribution < -0.4 is 0 Å². The zero-order chi connectivity index (χ0) is 33.9. The van der Waals surface area contributed by atoms with E-state index in [0.717, 1.165) is 50.9 Å². The van der Waals surface area contributed by atoms with Gasteiger partial charge in [0.05, 0.1) is 5.58 Å². The summed E-state index contributed by atoms with van der Waals surface area (Å²) in [6.07, 6.45) is 2.92. The molecular formula is C39H30IrN2O-2. The van der Waals surface area contributed by atoms with E-state index in [-0.39, 0.29) is 31.2 Å². The topological polar surface area (TPSA) is 38.9 Å². The minimum atomic E-state index is -2.62. The van der Waals surface area contributed by atoms with Crippen molar-refractivity contribution in [3.8, 4) is 45.0 Å². The average molecular weight is 741 g/mol. The summed E-state index contributed by atoms with van der Waals surface area (Å²) in [7, 11) is 0. The van der Waals surface area contributed by atoms with E-state index < -0.39 is 13.7 Å². The SMILES string of the molecule is [2H]C([2H])([2H])c1cnc(-c2[c-]c3oc(-c4ccccc4)c(C)c3c(-c3ccccc3)c2)cc1C([2H])([2H])[2H].[Ir].[c-]1ccccc1-c1ccccn1. The standard InChI is InChI=1S/C28H22NO.C11H8N.Ir/c1-18-14-25(29-17-19(18)2)23-15-24(21-10-6-4-7-11-21)27-20(3)28(30-26(27)16-23)22-12-8-5-9-13-22;1-2-6-10(7-3-1)11-8-4-5-9-12-11;/h4-15,17H,1-3H3;1-6,8-9H;/q2*-1;/i1D3,2D3;;. The van der Waals surface area contributed by atoms with Gasteiger partial charge in [-0.25, -0.2) is 0 Å². The van der Waals surface area contributed by atoms with Crippen LogP contribution in [0.15, 0.2) is 132 Å². The molecule has 213 valence electrons. The summed E-state index contributed by atoms with van der Waals surface area (Å²) in [4.78, 5) is 8.55. The van der Waals surface area contributed by atoms with Gasteiger partial charge in [-0.15, -0.1) is 47.5 Å². The first kappa shape index (κ1) is 22.9. The maximum Gasteiger partial charge on any atom is 0.126 e. The molecule has 0 spiro atoms. The van der Waals surface area contributed by atoms with Crippen LogP contribution in [0.4, 0.5) is 0 Å². The van der Waals surface area contributed by atoms with Crippen molar-refractivity contribution in [3.05, 3.63) is 156 Å². The molecule has 0 atom stereocenters. The monoisotopic (exact) mass is 741 g/mol. The molecule has 4 heteroatoms. The molecule has 0 aliphatic carbocycles. The molecule has 0 aliphatic rings. The number of benzene rings is 4. The number of furan rings is 1. The predicted molar refractivity (Wildman–Crippen MR) is 172 cm³/mol. The van der Waals surface area contributed by atoms with Crippen molar-refractivity contribution in [1.82, 2.24) is 9.97 Å². The zero-order valence-corrected chi connectivity index (χ0v) is 25.7. The summed E-state index contributed by atoms with van der Waals surface area (Å²) in [6.45, 7) is -3.21. The predicted octanol–water partition coefficient (Wildman–Crippen LogP) is 10.1. The molecule has 0 saturated carbocycles. The molecule has 0 aliphatic heterocycles. The Balaban J connectivity index is 0.000000303. The summed E-state index contributed by atoms with van der Waals surface area (Å²) in [6, 6.07) is 42.9. The molecule has 3 aromatic heterocycles. The second kappa shape index (κ2) is 13.6. The van der Waals surface area contributed by atoms with Crippen molar-refractivity contribution < 1.29 is 32.7 Å². The molecular weight excluding hydrogens is 705 g/mol. The second-order valence-electron chi connectivity index (χ2n) is 9.70. The molecule has 0 fully saturated rings. The Morgan fingerprint density at radius 1 is 0.698 bits per heavy atom. The van der Waals surface area contributed by atoms with E-state index in [1.54, 1.807) is 6.20 Å². The zero-order valence-electron chi connectivity index (χ0n) is 29.3. The number of aromatic nitrogens is 2. The number of nitrogens with zero attached hydrogens (tertiary/aromatic N) is 2. The number of pyridine rings is 2. The third kappa shape index (κ3) is 6.57. The van der Waals surface area contributed by atoms with Gasteiger partial charge >= 0.3 is 0 Å². The fourth-order valence-electron chi connectivity index (χ4n) is 4.83. The van der Waals surface area contributed by atoms with Gasteiger partial charge in [0.25, 0.3) is 0 Å². The molecule has 0 unspecified atom stereocenters. The molecule has 0 saturated heterocycles. The molecule has 1 radical (unpaired) electrons. The van der Waals surface area contributed by atoms with Crippen LogP contribution in [0.3, 0.4) is 0 Å². The normalized spacial score (nSPS) is 13.1. The van der Waals surface area contributed by atoms with Crippen LogP contribution in [0.5, 0.6) is 0 Å². The molecule has 43 heavy (non-hydrogen) atoms. The van der Waals surface area contributed by atoms with Crippen LogP contribution in [0.1, 0.15) is 24.9 Å². The molecule has 0 amide bonds. The first-order valence-electron chi connectivity index (χ1n) is 16.5. The Kier molecular flexibility index (Phi) is 7.22. The number of hydrogen-bond acceptors (Lipinski definition) is 3. The van der Waals surface area contributed by atoms with E-state index in [4.69, 9.17) is 12.6 Å². The summed E-state index contributed by atoms with van der Waals surface area (Å²) in [5.41, 5.74) is 6.56. The Morgan fingerprint density at radius 2 is 1.42 bits per heavy atom. The van der Waals surface area contributed by atoms with E-state index in [0.29, 0.717) is 16.8 Å². The number of rotatable bonds is 4. The number of fused-ring (bicyclic) bond motifs is 1. The Hall–Kier alpha value is -4.63. The summed E-state index contributed by atoms with van der Waals surface area (Å²) in [5, 5.41) is 0.902. The maximum absolute atomic E-state index is 7.91. The Labute approximate surface area is 275 Å². The third-order valence-electron chi connectivity index (χ3n) is 6.90. The van der Waals surface area contributed by atoms with Crippen molar-refractivity contribution >= 4 is 11.0 Å². The summed E-state index contributed by atoms with van der Waals surface area (Å²) in [5.74, 6) is 0.727. The van der Waals surface area contributed by atoms with Crippen LogP contribution >= 0.6 is 0 Å². The van der Waals surface area contributed by atoms with Gasteiger partial charge < -0.3 is 14.4 Å². The summed E-state index contributed by atoms with van der Waals surface area (Å²) < 4.78 is 53.3. The van der Waals surface area contributed by atoms with Gasteiger partial charge in [0.15, 0.2) is 0 Å². The smallest absolute Gasteiger partial charge is 0.126 e. The van der Waals surface area contributed by atoms with Gasteiger partial charge in [-0.3, -0.25) is 0 Å². The van der Waals surface area contributed by atoms with Crippen LogP contribution in [0, 0.1) is 32.8 Å². The van der Waals surface area contributed by atoms with E-state index in [1.165, 1.54) is 6.07 Å². The molecule has 0 bridgehead atoms. The second-order valence-corrected chi connectivity index (χ2v) is 9.70. The molecule has 3 heterocycles. The van der Waals surface area contributed by atoms with E-state index in [1.807, 2.05) is 116 Å². The third-order valence-corrected chi connectivity index (χ3v) is 6.90. The molecule has 0 N–H and O–H groups in total.